The number of piperazine rings is 1. The first-order valence-corrected chi connectivity index (χ1v) is 10.4. The highest BCUT2D eigenvalue weighted by molar-refractivity contribution is 5.89. The molecule has 6 heteroatoms. The summed E-state index contributed by atoms with van der Waals surface area (Å²) in [5, 5.41) is 2.93. The fraction of sp³-hybridized carbons (Fsp3) is 0.667. The monoisotopic (exact) mass is 372 g/mol. The van der Waals surface area contributed by atoms with Crippen molar-refractivity contribution in [3.63, 3.8) is 0 Å². The lowest BCUT2D eigenvalue weighted by Crippen LogP contribution is -2.56. The van der Waals surface area contributed by atoms with Gasteiger partial charge in [-0.15, -0.1) is 0 Å². The molecule has 1 saturated heterocycles. The van der Waals surface area contributed by atoms with Crippen LogP contribution in [0.4, 0.5) is 0 Å². The first-order chi connectivity index (χ1) is 13.2. The summed E-state index contributed by atoms with van der Waals surface area (Å²) in [4.78, 5) is 34.2. The number of hydrogen-bond acceptors (Lipinski definition) is 4. The van der Waals surface area contributed by atoms with Crippen molar-refractivity contribution >= 4 is 11.8 Å². The molecule has 2 fully saturated rings. The van der Waals surface area contributed by atoms with Gasteiger partial charge >= 0.3 is 0 Å². The molecule has 3 rings (SSSR count). The minimum Gasteiger partial charge on any atom is -0.353 e. The van der Waals surface area contributed by atoms with E-state index >= 15 is 0 Å². The highest BCUT2D eigenvalue weighted by Gasteiger charge is 2.35. The molecular weight excluding hydrogens is 340 g/mol. The number of rotatable bonds is 8. The van der Waals surface area contributed by atoms with Crippen molar-refractivity contribution in [1.82, 2.24) is 20.1 Å². The first-order valence-electron chi connectivity index (χ1n) is 10.4. The average Bonchev–Trinajstić information content (AvgIpc) is 3.20. The summed E-state index contributed by atoms with van der Waals surface area (Å²) in [7, 11) is 0. The molecule has 1 atom stereocenters. The lowest BCUT2D eigenvalue weighted by Gasteiger charge is -2.36. The van der Waals surface area contributed by atoms with Crippen molar-refractivity contribution in [2.24, 2.45) is 0 Å². The predicted octanol–water partition coefficient (Wildman–Crippen LogP) is 2.34. The molecule has 0 radical (unpaired) electrons. The number of amides is 2. The molecule has 2 aliphatic rings. The fourth-order valence-corrected chi connectivity index (χ4v) is 4.21. The Bertz CT molecular complexity index is 616. The summed E-state index contributed by atoms with van der Waals surface area (Å²) in [5.74, 6) is 0.0933. The van der Waals surface area contributed by atoms with Crippen molar-refractivity contribution in [1.29, 1.82) is 0 Å². The Morgan fingerprint density at radius 3 is 2.85 bits per heavy atom. The molecule has 6 nitrogen and oxygen atoms in total. The summed E-state index contributed by atoms with van der Waals surface area (Å²) in [6.45, 7) is 4.94. The summed E-state index contributed by atoms with van der Waals surface area (Å²) in [6.07, 6.45) is 8.74. The van der Waals surface area contributed by atoms with Crippen LogP contribution in [-0.2, 0) is 16.1 Å². The van der Waals surface area contributed by atoms with Gasteiger partial charge < -0.3 is 10.2 Å². The second-order valence-electron chi connectivity index (χ2n) is 7.68. The number of nitrogens with zero attached hydrogens (tertiary/aromatic N) is 3. The molecule has 1 aromatic heterocycles. The van der Waals surface area contributed by atoms with E-state index in [1.54, 1.807) is 6.20 Å². The topological polar surface area (TPSA) is 65.5 Å². The highest BCUT2D eigenvalue weighted by Crippen LogP contribution is 2.25. The van der Waals surface area contributed by atoms with Crippen LogP contribution in [-0.4, -0.2) is 58.3 Å². The highest BCUT2D eigenvalue weighted by atomic mass is 16.2. The Balaban J connectivity index is 1.68. The molecule has 2 amide bonds. The molecule has 1 N–H and O–H groups in total. The standard InChI is InChI=1S/C21H32N4O2/c1-2-3-13-25(18-9-4-5-10-18)20(26)15-19-21(27)23-12-14-24(19)16-17-8-6-7-11-22-17/h6-8,11,18-19H,2-5,9-10,12-16H2,1H3,(H,23,27). The van der Waals surface area contributed by atoms with Gasteiger partial charge in [-0.3, -0.25) is 19.5 Å². The van der Waals surface area contributed by atoms with Gasteiger partial charge in [-0.25, -0.2) is 0 Å². The molecule has 2 heterocycles. The third kappa shape index (κ3) is 5.28. The summed E-state index contributed by atoms with van der Waals surface area (Å²) >= 11 is 0. The second-order valence-corrected chi connectivity index (χ2v) is 7.68. The minimum atomic E-state index is -0.404. The minimum absolute atomic E-state index is 0.0348. The maximum Gasteiger partial charge on any atom is 0.237 e. The zero-order valence-corrected chi connectivity index (χ0v) is 16.4. The molecule has 0 bridgehead atoms. The summed E-state index contributed by atoms with van der Waals surface area (Å²) < 4.78 is 0. The Kier molecular flexibility index (Phi) is 7.21. The number of hydrogen-bond donors (Lipinski definition) is 1. The van der Waals surface area contributed by atoms with Crippen LogP contribution < -0.4 is 5.32 Å². The van der Waals surface area contributed by atoms with Gasteiger partial charge in [0.25, 0.3) is 0 Å². The predicted molar refractivity (Wildman–Crippen MR) is 105 cm³/mol. The van der Waals surface area contributed by atoms with E-state index in [0.29, 0.717) is 19.1 Å². The van der Waals surface area contributed by atoms with Crippen LogP contribution >= 0.6 is 0 Å². The molecule has 0 spiro atoms. The molecule has 1 aromatic rings. The van der Waals surface area contributed by atoms with E-state index in [1.807, 2.05) is 18.2 Å². The van der Waals surface area contributed by atoms with Gasteiger partial charge in [-0.1, -0.05) is 32.3 Å². The zero-order valence-electron chi connectivity index (χ0n) is 16.4. The number of unbranched alkanes of at least 4 members (excludes halogenated alkanes) is 1. The van der Waals surface area contributed by atoms with E-state index in [1.165, 1.54) is 12.8 Å². The molecule has 148 valence electrons. The SMILES string of the molecule is CCCCN(C(=O)CC1C(=O)NCCN1Cc1ccccn1)C1CCCC1. The maximum atomic E-state index is 13.2. The van der Waals surface area contributed by atoms with Crippen LogP contribution in [0, 0.1) is 0 Å². The van der Waals surface area contributed by atoms with Gasteiger partial charge in [0, 0.05) is 38.4 Å². The molecule has 1 aliphatic carbocycles. The lowest BCUT2D eigenvalue weighted by atomic mass is 10.1. The largest absolute Gasteiger partial charge is 0.353 e. The third-order valence-electron chi connectivity index (χ3n) is 5.74. The van der Waals surface area contributed by atoms with Crippen LogP contribution in [0.2, 0.25) is 0 Å². The van der Waals surface area contributed by atoms with Crippen LogP contribution in [0.1, 0.15) is 57.6 Å². The average molecular weight is 373 g/mol. The third-order valence-corrected chi connectivity index (χ3v) is 5.74. The van der Waals surface area contributed by atoms with Crippen molar-refractivity contribution in [2.75, 3.05) is 19.6 Å². The Labute approximate surface area is 162 Å². The number of carbonyl (C=O) groups excluding carboxylic acids is 2. The quantitative estimate of drug-likeness (QED) is 0.761. The Hall–Kier alpha value is -1.95. The van der Waals surface area contributed by atoms with Crippen molar-refractivity contribution < 1.29 is 9.59 Å². The number of aromatic nitrogens is 1. The van der Waals surface area contributed by atoms with Gasteiger partial charge in [0.15, 0.2) is 0 Å². The van der Waals surface area contributed by atoms with E-state index in [-0.39, 0.29) is 18.2 Å². The van der Waals surface area contributed by atoms with E-state index in [0.717, 1.165) is 44.5 Å². The lowest BCUT2D eigenvalue weighted by molar-refractivity contribution is -0.140. The van der Waals surface area contributed by atoms with Crippen LogP contribution in [0.15, 0.2) is 24.4 Å². The van der Waals surface area contributed by atoms with Gasteiger partial charge in [0.2, 0.25) is 11.8 Å². The van der Waals surface area contributed by atoms with Gasteiger partial charge in [-0.05, 0) is 31.4 Å². The molecular formula is C21H32N4O2. The molecule has 27 heavy (non-hydrogen) atoms. The molecule has 0 aromatic carbocycles. The smallest absolute Gasteiger partial charge is 0.237 e. The van der Waals surface area contributed by atoms with Crippen molar-refractivity contribution in [3.8, 4) is 0 Å². The van der Waals surface area contributed by atoms with Crippen LogP contribution in [0.5, 0.6) is 0 Å². The van der Waals surface area contributed by atoms with Crippen LogP contribution in [0.3, 0.4) is 0 Å². The summed E-state index contributed by atoms with van der Waals surface area (Å²) in [5.41, 5.74) is 0.934. The second kappa shape index (κ2) is 9.83. The number of nitrogens with one attached hydrogen (secondary N) is 1. The molecule has 1 unspecified atom stereocenters. The maximum absolute atomic E-state index is 13.2. The molecule has 1 aliphatic heterocycles. The summed E-state index contributed by atoms with van der Waals surface area (Å²) in [6, 6.07) is 5.77. The van der Waals surface area contributed by atoms with Crippen molar-refractivity contribution in [2.45, 2.75) is 70.5 Å². The van der Waals surface area contributed by atoms with Gasteiger partial charge in [0.1, 0.15) is 0 Å². The molecule has 1 saturated carbocycles. The van der Waals surface area contributed by atoms with Crippen LogP contribution in [0.25, 0.3) is 0 Å². The number of pyridine rings is 1. The van der Waals surface area contributed by atoms with Crippen molar-refractivity contribution in [3.05, 3.63) is 30.1 Å². The van der Waals surface area contributed by atoms with E-state index in [2.05, 4.69) is 27.0 Å². The van der Waals surface area contributed by atoms with E-state index in [9.17, 15) is 9.59 Å². The zero-order chi connectivity index (χ0) is 19.1. The normalized spacial score (nSPS) is 21.2. The van der Waals surface area contributed by atoms with E-state index < -0.39 is 6.04 Å². The first kappa shape index (κ1) is 19.8. The van der Waals surface area contributed by atoms with Gasteiger partial charge in [-0.2, -0.15) is 0 Å². The Morgan fingerprint density at radius 2 is 2.15 bits per heavy atom. The van der Waals surface area contributed by atoms with E-state index in [4.69, 9.17) is 0 Å². The Morgan fingerprint density at radius 1 is 1.33 bits per heavy atom. The fourth-order valence-electron chi connectivity index (χ4n) is 4.21. The number of carbonyl (C=O) groups is 2. The van der Waals surface area contributed by atoms with Gasteiger partial charge in [0.05, 0.1) is 18.2 Å².